The van der Waals surface area contributed by atoms with Gasteiger partial charge >= 0.3 is 11.0 Å². The molecule has 1 saturated heterocycles. The van der Waals surface area contributed by atoms with Gasteiger partial charge in [0, 0.05) is 15.3 Å². The number of aromatic amines is 1. The number of halogens is 4. The van der Waals surface area contributed by atoms with E-state index in [9.17, 15) is 32.3 Å². The molecule has 220 valence electrons. The molecule has 4 aromatic rings. The van der Waals surface area contributed by atoms with E-state index in [1.165, 1.54) is 17.0 Å². The van der Waals surface area contributed by atoms with Crippen LogP contribution in [0.5, 0.6) is 5.75 Å². The number of nitrogens with zero attached hydrogens (tertiary/aromatic N) is 1. The van der Waals surface area contributed by atoms with E-state index >= 15 is 0 Å². The Labute approximate surface area is 258 Å². The summed E-state index contributed by atoms with van der Waals surface area (Å²) >= 11 is 5.46. The van der Waals surface area contributed by atoms with Gasteiger partial charge < -0.3 is 15.0 Å². The normalized spacial score (nSPS) is 19.6. The highest BCUT2D eigenvalue weighted by molar-refractivity contribution is 9.10. The van der Waals surface area contributed by atoms with Gasteiger partial charge in [0.15, 0.2) is 6.61 Å². The van der Waals surface area contributed by atoms with E-state index in [0.29, 0.717) is 21.2 Å². The minimum atomic E-state index is -4.65. The van der Waals surface area contributed by atoms with E-state index in [1.807, 2.05) is 0 Å². The van der Waals surface area contributed by atoms with E-state index in [-0.39, 0.29) is 10.6 Å². The molecule has 8 nitrogen and oxygen atoms in total. The second kappa shape index (κ2) is 11.3. The van der Waals surface area contributed by atoms with Crippen LogP contribution >= 0.6 is 39.0 Å². The number of fused-ring (bicyclic) bond motifs is 2. The van der Waals surface area contributed by atoms with E-state index in [4.69, 9.17) is 4.74 Å². The fraction of sp³-hybridized carbons (Fsp3) is 0.172. The van der Waals surface area contributed by atoms with Crippen LogP contribution in [0.25, 0.3) is 0 Å². The molecule has 2 aliphatic rings. The van der Waals surface area contributed by atoms with Gasteiger partial charge in [-0.2, -0.15) is 13.2 Å². The van der Waals surface area contributed by atoms with Gasteiger partial charge in [-0.25, -0.2) is 4.90 Å². The number of aromatic nitrogens is 1. The zero-order valence-electron chi connectivity index (χ0n) is 21.7. The molecule has 3 amide bonds. The zero-order valence-corrected chi connectivity index (χ0v) is 24.9. The molecule has 0 saturated carbocycles. The van der Waals surface area contributed by atoms with Gasteiger partial charge in [0.1, 0.15) is 11.0 Å². The molecule has 1 aromatic heterocycles. The number of anilines is 2. The van der Waals surface area contributed by atoms with Gasteiger partial charge in [0.05, 0.1) is 27.9 Å². The number of nitrogens with one attached hydrogen (secondary N) is 2. The fourth-order valence-electron chi connectivity index (χ4n) is 5.19. The predicted molar refractivity (Wildman–Crippen MR) is 159 cm³/mol. The first-order valence-electron chi connectivity index (χ1n) is 12.7. The Kier molecular flexibility index (Phi) is 7.69. The summed E-state index contributed by atoms with van der Waals surface area (Å²) in [6.45, 7) is -0.584. The topological polar surface area (TPSA) is 109 Å². The molecule has 6 rings (SSSR count). The van der Waals surface area contributed by atoms with Crippen LogP contribution in [-0.4, -0.2) is 34.6 Å². The quantitative estimate of drug-likeness (QED) is 0.240. The maximum Gasteiger partial charge on any atom is 0.418 e. The third kappa shape index (κ3) is 5.61. The third-order valence-corrected chi connectivity index (χ3v) is 9.93. The SMILES string of the molecule is O=C(COc1cccc([C@@H]2c3sc(=O)[nH]c3S[C@H]3C(=O)N(c4ccc(Br)cc4)C(=O)[C@@H]23)c1)Nc1ccccc1C(F)(F)F. The summed E-state index contributed by atoms with van der Waals surface area (Å²) in [7, 11) is 0. The lowest BCUT2D eigenvalue weighted by Crippen LogP contribution is -2.32. The highest BCUT2D eigenvalue weighted by Crippen LogP contribution is 2.53. The van der Waals surface area contributed by atoms with Crippen molar-refractivity contribution in [2.45, 2.75) is 22.4 Å². The first kappa shape index (κ1) is 29.2. The zero-order chi connectivity index (χ0) is 30.5. The second-order valence-electron chi connectivity index (χ2n) is 9.69. The second-order valence-corrected chi connectivity index (χ2v) is 12.8. The summed E-state index contributed by atoms with van der Waals surface area (Å²) < 4.78 is 46.3. The van der Waals surface area contributed by atoms with Gasteiger partial charge in [-0.1, -0.05) is 63.3 Å². The number of carbonyl (C=O) groups is 3. The van der Waals surface area contributed by atoms with Gasteiger partial charge in [0.25, 0.3) is 5.91 Å². The summed E-state index contributed by atoms with van der Waals surface area (Å²) in [5, 5.41) is 1.95. The number of benzene rings is 3. The average molecular weight is 691 g/mol. The molecule has 2 N–H and O–H groups in total. The summed E-state index contributed by atoms with van der Waals surface area (Å²) in [4.78, 5) is 56.5. The summed E-state index contributed by atoms with van der Waals surface area (Å²) in [6.07, 6.45) is -4.65. The summed E-state index contributed by atoms with van der Waals surface area (Å²) in [6, 6.07) is 18.0. The number of carbonyl (C=O) groups excluding carboxylic acids is 3. The molecular weight excluding hydrogens is 671 g/mol. The van der Waals surface area contributed by atoms with E-state index in [1.54, 1.807) is 48.5 Å². The monoisotopic (exact) mass is 689 g/mol. The number of thioether (sulfide) groups is 1. The lowest BCUT2D eigenvalue weighted by atomic mass is 9.83. The Morgan fingerprint density at radius 3 is 2.49 bits per heavy atom. The molecule has 14 heteroatoms. The van der Waals surface area contributed by atoms with Gasteiger partial charge in [-0.15, -0.1) is 0 Å². The number of rotatable bonds is 6. The minimum absolute atomic E-state index is 0.220. The lowest BCUT2D eigenvalue weighted by molar-refractivity contribution is -0.137. The largest absolute Gasteiger partial charge is 0.484 e. The van der Waals surface area contributed by atoms with Crippen molar-refractivity contribution in [1.29, 1.82) is 0 Å². The smallest absolute Gasteiger partial charge is 0.418 e. The van der Waals surface area contributed by atoms with Crippen molar-refractivity contribution in [3.05, 3.63) is 103 Å². The van der Waals surface area contributed by atoms with E-state index in [2.05, 4.69) is 26.2 Å². The molecule has 3 atom stereocenters. The van der Waals surface area contributed by atoms with Crippen molar-refractivity contribution in [3.63, 3.8) is 0 Å². The Hall–Kier alpha value is -3.88. The first-order chi connectivity index (χ1) is 20.5. The molecule has 3 heterocycles. The number of hydrogen-bond donors (Lipinski definition) is 2. The predicted octanol–water partition coefficient (Wildman–Crippen LogP) is 6.03. The van der Waals surface area contributed by atoms with Crippen molar-refractivity contribution >= 4 is 68.1 Å². The van der Waals surface area contributed by atoms with Crippen LogP contribution in [0.1, 0.15) is 21.9 Å². The third-order valence-electron chi connectivity index (χ3n) is 7.00. The van der Waals surface area contributed by atoms with Crippen molar-refractivity contribution < 1.29 is 32.3 Å². The number of imide groups is 1. The molecular formula is C29H19BrF3N3O5S2. The van der Waals surface area contributed by atoms with E-state index in [0.717, 1.165) is 39.7 Å². The molecule has 0 aliphatic carbocycles. The van der Waals surface area contributed by atoms with Gasteiger partial charge in [-0.3, -0.25) is 19.2 Å². The van der Waals surface area contributed by atoms with Crippen molar-refractivity contribution in [2.24, 2.45) is 5.92 Å². The van der Waals surface area contributed by atoms with Crippen LogP contribution in [0.4, 0.5) is 24.5 Å². The van der Waals surface area contributed by atoms with Crippen LogP contribution in [0.2, 0.25) is 0 Å². The van der Waals surface area contributed by atoms with Crippen LogP contribution in [0.3, 0.4) is 0 Å². The highest BCUT2D eigenvalue weighted by Gasteiger charge is 2.56. The number of amides is 3. The summed E-state index contributed by atoms with van der Waals surface area (Å²) in [5.74, 6) is -2.87. The standard InChI is InChI=1S/C29H19BrF3N3O5S2/c30-15-8-10-16(11-9-15)36-26(38)22-21(23-25(35-28(40)43-23)42-24(22)27(36)39)14-4-3-5-17(12-14)41-13-20(37)34-19-7-2-1-6-18(19)29(31,32)33/h1-12,21-22,24H,13H2,(H,34,37)(H,35,40)/t21-,22-,24+/m0/s1. The Morgan fingerprint density at radius 1 is 1.00 bits per heavy atom. The van der Waals surface area contributed by atoms with Crippen LogP contribution < -0.4 is 19.8 Å². The molecule has 0 spiro atoms. The number of alkyl halides is 3. The van der Waals surface area contributed by atoms with Crippen molar-refractivity contribution in [2.75, 3.05) is 16.8 Å². The molecule has 43 heavy (non-hydrogen) atoms. The van der Waals surface area contributed by atoms with Gasteiger partial charge in [0.2, 0.25) is 11.8 Å². The molecule has 2 aliphatic heterocycles. The molecule has 1 fully saturated rings. The maximum absolute atomic E-state index is 13.8. The summed E-state index contributed by atoms with van der Waals surface area (Å²) in [5.41, 5.74) is -0.369. The molecule has 0 radical (unpaired) electrons. The van der Waals surface area contributed by atoms with Crippen LogP contribution in [0.15, 0.2) is 87.1 Å². The first-order valence-corrected chi connectivity index (χ1v) is 15.2. The van der Waals surface area contributed by atoms with Crippen LogP contribution in [0, 0.1) is 5.92 Å². The van der Waals surface area contributed by atoms with Crippen LogP contribution in [-0.2, 0) is 20.6 Å². The number of ether oxygens (including phenoxy) is 1. The Morgan fingerprint density at radius 2 is 1.74 bits per heavy atom. The van der Waals surface area contributed by atoms with Gasteiger partial charge in [-0.05, 0) is 54.1 Å². The number of para-hydroxylation sites is 1. The molecule has 0 unspecified atom stereocenters. The van der Waals surface area contributed by atoms with Crippen molar-refractivity contribution in [1.82, 2.24) is 4.98 Å². The van der Waals surface area contributed by atoms with E-state index < -0.39 is 58.8 Å². The minimum Gasteiger partial charge on any atom is -0.484 e. The molecule has 3 aromatic carbocycles. The Bertz CT molecular complexity index is 1810. The fourth-order valence-corrected chi connectivity index (χ4v) is 7.97. The average Bonchev–Trinajstić information content (AvgIpc) is 3.46. The number of thiazole rings is 1. The highest BCUT2D eigenvalue weighted by atomic mass is 79.9. The van der Waals surface area contributed by atoms with Crippen molar-refractivity contribution in [3.8, 4) is 5.75 Å². The number of hydrogen-bond acceptors (Lipinski definition) is 7. The number of H-pyrrole nitrogens is 1. The lowest BCUT2D eigenvalue weighted by Gasteiger charge is -2.30. The maximum atomic E-state index is 13.8. The Balaban J connectivity index is 1.27. The molecule has 0 bridgehead atoms.